The van der Waals surface area contributed by atoms with Gasteiger partial charge in [0.15, 0.2) is 0 Å². The SMILES string of the molecule is CCn1cc([C@@H](CC(=O)NCCc2ccccc2)c2ccc(F)cc2)c2ccccc21. The summed E-state index contributed by atoms with van der Waals surface area (Å²) in [4.78, 5) is 12.9. The third kappa shape index (κ3) is 4.85. The molecule has 0 aliphatic rings. The highest BCUT2D eigenvalue weighted by Crippen LogP contribution is 2.34. The van der Waals surface area contributed by atoms with Crippen LogP contribution in [0, 0.1) is 5.82 Å². The molecule has 0 saturated carbocycles. The Bertz CT molecular complexity index is 1150. The maximum atomic E-state index is 13.6. The number of benzene rings is 3. The summed E-state index contributed by atoms with van der Waals surface area (Å²) in [6.45, 7) is 3.55. The molecule has 1 aromatic heterocycles. The first-order valence-corrected chi connectivity index (χ1v) is 10.8. The molecule has 0 fully saturated rings. The maximum Gasteiger partial charge on any atom is 0.220 e. The van der Waals surface area contributed by atoms with Crippen LogP contribution in [0.15, 0.2) is 85.1 Å². The predicted molar refractivity (Wildman–Crippen MR) is 124 cm³/mol. The summed E-state index contributed by atoms with van der Waals surface area (Å²) in [5.41, 5.74) is 4.39. The third-order valence-corrected chi connectivity index (χ3v) is 5.78. The molecule has 4 rings (SSSR count). The smallest absolute Gasteiger partial charge is 0.220 e. The summed E-state index contributed by atoms with van der Waals surface area (Å²) in [5.74, 6) is -0.417. The van der Waals surface area contributed by atoms with Crippen LogP contribution < -0.4 is 5.32 Å². The van der Waals surface area contributed by atoms with Crippen molar-refractivity contribution in [3.63, 3.8) is 0 Å². The molecule has 1 atom stereocenters. The molecule has 0 aliphatic carbocycles. The standard InChI is InChI=1S/C27H27FN2O/c1-2-30-19-25(23-10-6-7-11-26(23)30)24(21-12-14-22(28)15-13-21)18-27(31)29-17-16-20-8-4-3-5-9-20/h3-15,19,24H,2,16-18H2,1H3,(H,29,31)/t24-/m0/s1. The van der Waals surface area contributed by atoms with Crippen molar-refractivity contribution in [3.05, 3.63) is 108 Å². The second kappa shape index (κ2) is 9.61. The van der Waals surface area contributed by atoms with Crippen LogP contribution in [-0.2, 0) is 17.8 Å². The number of aryl methyl sites for hydroxylation is 1. The van der Waals surface area contributed by atoms with E-state index in [1.54, 1.807) is 12.1 Å². The number of carbonyl (C=O) groups excluding carboxylic acids is 1. The van der Waals surface area contributed by atoms with Crippen LogP contribution in [0.4, 0.5) is 4.39 Å². The molecule has 0 radical (unpaired) electrons. The Morgan fingerprint density at radius 1 is 0.968 bits per heavy atom. The first-order chi connectivity index (χ1) is 15.2. The topological polar surface area (TPSA) is 34.0 Å². The zero-order chi connectivity index (χ0) is 21.6. The molecule has 0 bridgehead atoms. The van der Waals surface area contributed by atoms with Crippen LogP contribution in [0.25, 0.3) is 10.9 Å². The van der Waals surface area contributed by atoms with E-state index in [9.17, 15) is 9.18 Å². The third-order valence-electron chi connectivity index (χ3n) is 5.78. The monoisotopic (exact) mass is 414 g/mol. The van der Waals surface area contributed by atoms with Crippen LogP contribution in [0.2, 0.25) is 0 Å². The van der Waals surface area contributed by atoms with E-state index in [2.05, 4.69) is 47.3 Å². The van der Waals surface area contributed by atoms with Gasteiger partial charge < -0.3 is 9.88 Å². The van der Waals surface area contributed by atoms with Gasteiger partial charge in [0, 0.05) is 42.5 Å². The van der Waals surface area contributed by atoms with Gasteiger partial charge in [-0.05, 0) is 48.2 Å². The van der Waals surface area contributed by atoms with Crippen molar-refractivity contribution in [1.29, 1.82) is 0 Å². The lowest BCUT2D eigenvalue weighted by Gasteiger charge is -2.17. The molecule has 4 heteroatoms. The van der Waals surface area contributed by atoms with E-state index in [1.165, 1.54) is 17.7 Å². The normalized spacial score (nSPS) is 12.1. The lowest BCUT2D eigenvalue weighted by molar-refractivity contribution is -0.121. The number of hydrogen-bond donors (Lipinski definition) is 1. The van der Waals surface area contributed by atoms with Crippen molar-refractivity contribution in [2.45, 2.75) is 32.2 Å². The van der Waals surface area contributed by atoms with E-state index in [0.717, 1.165) is 35.0 Å². The summed E-state index contributed by atoms with van der Waals surface area (Å²) in [7, 11) is 0. The maximum absolute atomic E-state index is 13.6. The van der Waals surface area contributed by atoms with Crippen LogP contribution in [0.3, 0.4) is 0 Å². The van der Waals surface area contributed by atoms with Gasteiger partial charge in [-0.15, -0.1) is 0 Å². The number of amides is 1. The van der Waals surface area contributed by atoms with Crippen LogP contribution in [0.1, 0.15) is 36.0 Å². The molecule has 31 heavy (non-hydrogen) atoms. The first-order valence-electron chi connectivity index (χ1n) is 10.8. The number of fused-ring (bicyclic) bond motifs is 1. The molecule has 0 spiro atoms. The van der Waals surface area contributed by atoms with Gasteiger partial charge in [0.2, 0.25) is 5.91 Å². The van der Waals surface area contributed by atoms with Gasteiger partial charge in [0.1, 0.15) is 5.82 Å². The zero-order valence-corrected chi connectivity index (χ0v) is 17.7. The lowest BCUT2D eigenvalue weighted by atomic mass is 9.88. The average molecular weight is 415 g/mol. The number of aromatic nitrogens is 1. The van der Waals surface area contributed by atoms with Crippen molar-refractivity contribution in [1.82, 2.24) is 9.88 Å². The number of rotatable bonds is 8. The minimum Gasteiger partial charge on any atom is -0.356 e. The van der Waals surface area contributed by atoms with Crippen molar-refractivity contribution in [3.8, 4) is 0 Å². The summed E-state index contributed by atoms with van der Waals surface area (Å²) >= 11 is 0. The Hall–Kier alpha value is -3.40. The van der Waals surface area contributed by atoms with Crippen LogP contribution in [0.5, 0.6) is 0 Å². The van der Waals surface area contributed by atoms with Crippen molar-refractivity contribution >= 4 is 16.8 Å². The van der Waals surface area contributed by atoms with E-state index >= 15 is 0 Å². The fraction of sp³-hybridized carbons (Fsp3) is 0.222. The van der Waals surface area contributed by atoms with Crippen molar-refractivity contribution < 1.29 is 9.18 Å². The highest BCUT2D eigenvalue weighted by molar-refractivity contribution is 5.86. The molecule has 1 heterocycles. The molecule has 3 nitrogen and oxygen atoms in total. The molecule has 1 N–H and O–H groups in total. The molecular weight excluding hydrogens is 387 g/mol. The quantitative estimate of drug-likeness (QED) is 0.395. The molecule has 0 saturated heterocycles. The highest BCUT2D eigenvalue weighted by atomic mass is 19.1. The molecule has 3 aromatic carbocycles. The Kier molecular flexibility index (Phi) is 6.46. The summed E-state index contributed by atoms with van der Waals surface area (Å²) in [6, 6.07) is 24.9. The van der Waals surface area contributed by atoms with Gasteiger partial charge in [-0.1, -0.05) is 60.7 Å². The molecular formula is C27H27FN2O. The largest absolute Gasteiger partial charge is 0.356 e. The summed E-state index contributed by atoms with van der Waals surface area (Å²) in [5, 5.41) is 4.20. The molecule has 158 valence electrons. The Balaban J connectivity index is 1.58. The Labute approximate surface area is 182 Å². The van der Waals surface area contributed by atoms with Gasteiger partial charge in [-0.3, -0.25) is 4.79 Å². The average Bonchev–Trinajstić information content (AvgIpc) is 3.17. The molecule has 0 aliphatic heterocycles. The predicted octanol–water partition coefficient (Wildman–Crippen LogP) is 5.68. The highest BCUT2D eigenvalue weighted by Gasteiger charge is 2.22. The van der Waals surface area contributed by atoms with Gasteiger partial charge in [-0.2, -0.15) is 0 Å². The number of para-hydroxylation sites is 1. The van der Waals surface area contributed by atoms with E-state index in [4.69, 9.17) is 0 Å². The van der Waals surface area contributed by atoms with Crippen LogP contribution >= 0.6 is 0 Å². The van der Waals surface area contributed by atoms with E-state index in [-0.39, 0.29) is 17.6 Å². The summed E-state index contributed by atoms with van der Waals surface area (Å²) < 4.78 is 15.8. The Morgan fingerprint density at radius 3 is 2.42 bits per heavy atom. The van der Waals surface area contributed by atoms with Crippen molar-refractivity contribution in [2.24, 2.45) is 0 Å². The number of hydrogen-bond acceptors (Lipinski definition) is 1. The fourth-order valence-corrected chi connectivity index (χ4v) is 4.17. The van der Waals surface area contributed by atoms with Crippen LogP contribution in [-0.4, -0.2) is 17.0 Å². The first kappa shape index (κ1) is 20.9. The number of nitrogens with zero attached hydrogens (tertiary/aromatic N) is 1. The Morgan fingerprint density at radius 2 is 1.68 bits per heavy atom. The molecule has 1 amide bonds. The fourth-order valence-electron chi connectivity index (χ4n) is 4.17. The van der Waals surface area contributed by atoms with E-state index in [1.807, 2.05) is 30.3 Å². The van der Waals surface area contributed by atoms with E-state index < -0.39 is 0 Å². The summed E-state index contributed by atoms with van der Waals surface area (Å²) in [6.07, 6.45) is 3.25. The van der Waals surface area contributed by atoms with Crippen molar-refractivity contribution in [2.75, 3.05) is 6.54 Å². The number of halogens is 1. The molecule has 4 aromatic rings. The van der Waals surface area contributed by atoms with Gasteiger partial charge in [0.05, 0.1) is 0 Å². The minimum absolute atomic E-state index is 0.00131. The second-order valence-corrected chi connectivity index (χ2v) is 7.78. The van der Waals surface area contributed by atoms with Gasteiger partial charge >= 0.3 is 0 Å². The zero-order valence-electron chi connectivity index (χ0n) is 17.7. The number of carbonyl (C=O) groups is 1. The molecule has 0 unspecified atom stereocenters. The van der Waals surface area contributed by atoms with E-state index in [0.29, 0.717) is 13.0 Å². The number of nitrogens with one attached hydrogen (secondary N) is 1. The van der Waals surface area contributed by atoms with Gasteiger partial charge in [0.25, 0.3) is 0 Å². The van der Waals surface area contributed by atoms with Gasteiger partial charge in [-0.25, -0.2) is 4.39 Å². The minimum atomic E-state index is -0.272. The lowest BCUT2D eigenvalue weighted by Crippen LogP contribution is -2.27. The second-order valence-electron chi connectivity index (χ2n) is 7.78.